The summed E-state index contributed by atoms with van der Waals surface area (Å²) in [6.07, 6.45) is 0. The Kier molecular flexibility index (Phi) is 17.4. The van der Waals surface area contributed by atoms with Crippen molar-refractivity contribution in [1.82, 2.24) is 10.5 Å². The number of rotatable bonds is 7. The number of carbonyl (C=O) groups excluding carboxylic acids is 4. The first-order chi connectivity index (χ1) is 9.20. The average molecular weight is 382 g/mol. The Morgan fingerprint density at radius 3 is 1.00 bits per heavy atom. The Bertz CT molecular complexity index is 337. The van der Waals surface area contributed by atoms with Crippen LogP contribution < -0.4 is 0 Å². The largest absolute Gasteiger partial charge is 2.00 e. The Labute approximate surface area is 175 Å². The maximum Gasteiger partial charge on any atom is 2.00 e. The van der Waals surface area contributed by atoms with Crippen LogP contribution in [0.4, 0.5) is 0 Å². The molecule has 0 saturated carbocycles. The standard InChI is InChI=1S/C10H16N2O8.Ca.Ti.2H/c1-7(13)17-11(18-8(2)14)5-6-12(19-9(3)15)20-10(4)16;;;;/h5-6H2,1-4H3;;;;/q;+2;;2*-1. The summed E-state index contributed by atoms with van der Waals surface area (Å²) in [5.41, 5.74) is 0. The molecule has 0 amide bonds. The smallest absolute Gasteiger partial charge is 1.00 e. The Balaban J connectivity index is -0.000000301. The second-order valence-corrected chi connectivity index (χ2v) is 3.44. The van der Waals surface area contributed by atoms with E-state index >= 15 is 0 Å². The van der Waals surface area contributed by atoms with Crippen molar-refractivity contribution in [3.05, 3.63) is 0 Å². The monoisotopic (exact) mass is 382 g/mol. The molecule has 0 atom stereocenters. The Hall–Kier alpha value is -0.226. The summed E-state index contributed by atoms with van der Waals surface area (Å²) in [4.78, 5) is 61.4. The first-order valence-electron chi connectivity index (χ1n) is 5.50. The van der Waals surface area contributed by atoms with E-state index in [1.807, 2.05) is 0 Å². The number of hydrogen-bond donors (Lipinski definition) is 0. The molecular formula is C10H18CaN2O8Ti. The summed E-state index contributed by atoms with van der Waals surface area (Å²) < 4.78 is 0. The molecule has 0 aromatic rings. The molecule has 0 aliphatic carbocycles. The van der Waals surface area contributed by atoms with Gasteiger partial charge in [-0.15, -0.1) is 0 Å². The zero-order valence-corrected chi connectivity index (χ0v) is 16.6. The van der Waals surface area contributed by atoms with E-state index in [9.17, 15) is 19.2 Å². The molecule has 0 unspecified atom stereocenters. The van der Waals surface area contributed by atoms with Gasteiger partial charge < -0.3 is 22.2 Å². The molecule has 10 nitrogen and oxygen atoms in total. The molecule has 22 heavy (non-hydrogen) atoms. The fourth-order valence-electron chi connectivity index (χ4n) is 0.957. The van der Waals surface area contributed by atoms with E-state index < -0.39 is 23.9 Å². The van der Waals surface area contributed by atoms with Crippen LogP contribution in [-0.2, 0) is 60.2 Å². The molecule has 0 fully saturated rings. The van der Waals surface area contributed by atoms with Crippen LogP contribution in [0.3, 0.4) is 0 Å². The van der Waals surface area contributed by atoms with Crippen molar-refractivity contribution in [1.29, 1.82) is 0 Å². The molecule has 0 aliphatic rings. The SMILES string of the molecule is CC(=O)ON(CCN(OC(C)=O)OC(C)=O)OC(C)=O.[Ca+2].[H-].[H-].[Ti]. The van der Waals surface area contributed by atoms with Crippen molar-refractivity contribution in [2.24, 2.45) is 0 Å². The Morgan fingerprint density at radius 1 is 0.682 bits per heavy atom. The first-order valence-corrected chi connectivity index (χ1v) is 5.50. The number of hydrogen-bond acceptors (Lipinski definition) is 10. The normalized spacial score (nSPS) is 9.18. The van der Waals surface area contributed by atoms with Gasteiger partial charge in [0.05, 0.1) is 13.1 Å². The van der Waals surface area contributed by atoms with Crippen LogP contribution in [0.15, 0.2) is 0 Å². The molecule has 0 aromatic carbocycles. The van der Waals surface area contributed by atoms with Crippen molar-refractivity contribution in [3.8, 4) is 0 Å². The van der Waals surface area contributed by atoms with Gasteiger partial charge in [-0.3, -0.25) is 19.2 Å². The summed E-state index contributed by atoms with van der Waals surface area (Å²) in [6, 6.07) is 0. The number of nitrogens with zero attached hydrogens (tertiary/aromatic N) is 2. The van der Waals surface area contributed by atoms with Crippen molar-refractivity contribution < 1.29 is 63.1 Å². The van der Waals surface area contributed by atoms with E-state index in [4.69, 9.17) is 0 Å². The van der Waals surface area contributed by atoms with E-state index in [0.717, 1.165) is 27.7 Å². The third-order valence-corrected chi connectivity index (χ3v) is 1.39. The predicted octanol–water partition coefficient (Wildman–Crippen LogP) is -0.655. The summed E-state index contributed by atoms with van der Waals surface area (Å²) in [7, 11) is 0. The van der Waals surface area contributed by atoms with Gasteiger partial charge in [-0.1, -0.05) is 0 Å². The fourth-order valence-corrected chi connectivity index (χ4v) is 0.957. The van der Waals surface area contributed by atoms with Gasteiger partial charge in [0.15, 0.2) is 0 Å². The third-order valence-electron chi connectivity index (χ3n) is 1.39. The van der Waals surface area contributed by atoms with Crippen molar-refractivity contribution in [3.63, 3.8) is 0 Å². The van der Waals surface area contributed by atoms with Crippen LogP contribution in [0.25, 0.3) is 0 Å². The minimum atomic E-state index is -0.724. The van der Waals surface area contributed by atoms with Crippen LogP contribution >= 0.6 is 0 Å². The van der Waals surface area contributed by atoms with Gasteiger partial charge in [0.25, 0.3) is 0 Å². The van der Waals surface area contributed by atoms with Crippen LogP contribution in [0.5, 0.6) is 0 Å². The number of carbonyl (C=O) groups is 4. The molecule has 0 spiro atoms. The first kappa shape index (κ1) is 26.7. The quantitative estimate of drug-likeness (QED) is 0.416. The van der Waals surface area contributed by atoms with Crippen LogP contribution in [0, 0.1) is 0 Å². The molecule has 0 aromatic heterocycles. The van der Waals surface area contributed by atoms with Crippen molar-refractivity contribution in [2.75, 3.05) is 13.1 Å². The maximum absolute atomic E-state index is 10.8. The van der Waals surface area contributed by atoms with Gasteiger partial charge in [-0.2, -0.15) is 0 Å². The summed E-state index contributed by atoms with van der Waals surface area (Å²) in [5.74, 6) is -2.90. The number of hydroxylamine groups is 4. The zero-order valence-electron chi connectivity index (χ0n) is 14.8. The zero-order chi connectivity index (χ0) is 15.7. The maximum atomic E-state index is 10.8. The van der Waals surface area contributed by atoms with Gasteiger partial charge >= 0.3 is 61.6 Å². The molecule has 0 radical (unpaired) electrons. The van der Waals surface area contributed by atoms with E-state index in [1.165, 1.54) is 0 Å². The van der Waals surface area contributed by atoms with Gasteiger partial charge in [0.1, 0.15) is 0 Å². The minimum Gasteiger partial charge on any atom is -1.00 e. The molecule has 0 rings (SSSR count). The van der Waals surface area contributed by atoms with Gasteiger partial charge in [0, 0.05) is 59.9 Å². The molecule has 0 saturated heterocycles. The second-order valence-electron chi connectivity index (χ2n) is 3.44. The van der Waals surface area contributed by atoms with Crippen molar-refractivity contribution >= 4 is 61.6 Å². The predicted molar refractivity (Wildman–Crippen MR) is 68.5 cm³/mol. The molecular weight excluding hydrogens is 364 g/mol. The second kappa shape index (κ2) is 14.4. The van der Waals surface area contributed by atoms with Gasteiger partial charge in [-0.05, 0) is 0 Å². The third kappa shape index (κ3) is 16.1. The van der Waals surface area contributed by atoms with Crippen molar-refractivity contribution in [2.45, 2.75) is 27.7 Å². The average Bonchev–Trinajstić information content (AvgIpc) is 2.22. The topological polar surface area (TPSA) is 112 Å². The van der Waals surface area contributed by atoms with E-state index in [2.05, 4.69) is 19.4 Å². The molecule has 122 valence electrons. The van der Waals surface area contributed by atoms with Crippen LogP contribution in [-0.4, -0.2) is 85.2 Å². The molecule has 12 heteroatoms. The minimum absolute atomic E-state index is 0. The molecule has 0 aliphatic heterocycles. The van der Waals surface area contributed by atoms with Gasteiger partial charge in [-0.25, -0.2) is 0 Å². The summed E-state index contributed by atoms with van der Waals surface area (Å²) in [5, 5.41) is 1.15. The molecule has 0 heterocycles. The van der Waals surface area contributed by atoms with Gasteiger partial charge in [0.2, 0.25) is 0 Å². The van der Waals surface area contributed by atoms with E-state index in [0.29, 0.717) is 10.5 Å². The van der Waals surface area contributed by atoms with Crippen LogP contribution in [0.1, 0.15) is 30.5 Å². The molecule has 0 N–H and O–H groups in total. The fraction of sp³-hybridized carbons (Fsp3) is 0.600. The Morgan fingerprint density at radius 2 is 0.864 bits per heavy atom. The molecule has 0 bridgehead atoms. The van der Waals surface area contributed by atoms with E-state index in [1.54, 1.807) is 0 Å². The summed E-state index contributed by atoms with van der Waals surface area (Å²) >= 11 is 0. The van der Waals surface area contributed by atoms with Crippen LogP contribution in [0.2, 0.25) is 0 Å². The summed E-state index contributed by atoms with van der Waals surface area (Å²) in [6.45, 7) is 3.97. The van der Waals surface area contributed by atoms with E-state index in [-0.39, 0.29) is 75.4 Å².